The van der Waals surface area contributed by atoms with Crippen molar-refractivity contribution in [2.75, 3.05) is 12.1 Å². The number of ether oxygens (including phenoxy) is 2. The normalized spacial score (nSPS) is 15.6. The van der Waals surface area contributed by atoms with E-state index in [-0.39, 0.29) is 12.7 Å². The molecule has 21 heavy (non-hydrogen) atoms. The standard InChI is InChI=1S/C15H15N3O3/c19-15(14-10-3-1-2-4-11(10)17-18-14)16-9-5-6-12-13(7-9)21-8-20-12/h5-7H,1-4,8H2,(H,16,19)(H,17,18). The third-order valence-corrected chi connectivity index (χ3v) is 3.90. The Morgan fingerprint density at radius 2 is 2.05 bits per heavy atom. The van der Waals surface area contributed by atoms with Crippen LogP contribution in [0, 0.1) is 0 Å². The van der Waals surface area contributed by atoms with Crippen LogP contribution in [0.3, 0.4) is 0 Å². The van der Waals surface area contributed by atoms with E-state index in [1.54, 1.807) is 18.2 Å². The first-order chi connectivity index (χ1) is 10.3. The third kappa shape index (κ3) is 2.12. The summed E-state index contributed by atoms with van der Waals surface area (Å²) in [5.74, 6) is 1.16. The maximum Gasteiger partial charge on any atom is 0.276 e. The summed E-state index contributed by atoms with van der Waals surface area (Å²) in [5.41, 5.74) is 3.33. The fourth-order valence-electron chi connectivity index (χ4n) is 2.83. The van der Waals surface area contributed by atoms with Gasteiger partial charge >= 0.3 is 0 Å². The number of aromatic nitrogens is 2. The predicted octanol–water partition coefficient (Wildman–Crippen LogP) is 2.27. The quantitative estimate of drug-likeness (QED) is 0.887. The Hall–Kier alpha value is -2.50. The molecule has 0 spiro atoms. The summed E-state index contributed by atoms with van der Waals surface area (Å²) in [7, 11) is 0. The van der Waals surface area contributed by atoms with Crippen molar-refractivity contribution in [2.45, 2.75) is 25.7 Å². The number of anilines is 1. The van der Waals surface area contributed by atoms with Gasteiger partial charge in [-0.15, -0.1) is 0 Å². The highest BCUT2D eigenvalue weighted by molar-refractivity contribution is 6.04. The Labute approximate surface area is 121 Å². The van der Waals surface area contributed by atoms with Crippen LogP contribution >= 0.6 is 0 Å². The highest BCUT2D eigenvalue weighted by atomic mass is 16.7. The molecule has 6 nitrogen and oxygen atoms in total. The molecule has 2 N–H and O–H groups in total. The number of aryl methyl sites for hydroxylation is 1. The number of hydrogen-bond acceptors (Lipinski definition) is 4. The number of aromatic amines is 1. The number of amides is 1. The molecule has 108 valence electrons. The summed E-state index contributed by atoms with van der Waals surface area (Å²) in [6.07, 6.45) is 4.14. The molecule has 1 aromatic carbocycles. The van der Waals surface area contributed by atoms with Gasteiger partial charge in [-0.2, -0.15) is 5.10 Å². The zero-order valence-electron chi connectivity index (χ0n) is 11.4. The first kappa shape index (κ1) is 12.3. The van der Waals surface area contributed by atoms with Gasteiger partial charge in [0.2, 0.25) is 6.79 Å². The van der Waals surface area contributed by atoms with Crippen LogP contribution in [-0.2, 0) is 12.8 Å². The average molecular weight is 285 g/mol. The molecular formula is C15H15N3O3. The van der Waals surface area contributed by atoms with Gasteiger partial charge in [0.05, 0.1) is 0 Å². The van der Waals surface area contributed by atoms with E-state index in [0.717, 1.165) is 36.9 Å². The Bertz CT molecular complexity index is 708. The van der Waals surface area contributed by atoms with Gasteiger partial charge in [0.25, 0.3) is 5.91 Å². The number of carbonyl (C=O) groups excluding carboxylic acids is 1. The lowest BCUT2D eigenvalue weighted by Crippen LogP contribution is -2.15. The zero-order valence-corrected chi connectivity index (χ0v) is 11.4. The molecule has 2 aromatic rings. The van der Waals surface area contributed by atoms with Gasteiger partial charge in [0.15, 0.2) is 17.2 Å². The van der Waals surface area contributed by atoms with Gasteiger partial charge in [-0.3, -0.25) is 9.89 Å². The molecule has 1 aromatic heterocycles. The highest BCUT2D eigenvalue weighted by Crippen LogP contribution is 2.34. The average Bonchev–Trinajstić information content (AvgIpc) is 3.13. The van der Waals surface area contributed by atoms with E-state index >= 15 is 0 Å². The molecule has 0 bridgehead atoms. The maximum absolute atomic E-state index is 12.4. The largest absolute Gasteiger partial charge is 0.454 e. The highest BCUT2D eigenvalue weighted by Gasteiger charge is 2.22. The molecule has 0 radical (unpaired) electrons. The van der Waals surface area contributed by atoms with Crippen LogP contribution in [0.2, 0.25) is 0 Å². The van der Waals surface area contributed by atoms with Crippen molar-refractivity contribution < 1.29 is 14.3 Å². The molecule has 0 saturated carbocycles. The Kier molecular flexibility index (Phi) is 2.80. The van der Waals surface area contributed by atoms with Crippen molar-refractivity contribution in [3.8, 4) is 11.5 Å². The predicted molar refractivity (Wildman–Crippen MR) is 75.7 cm³/mol. The van der Waals surface area contributed by atoms with Gasteiger partial charge in [0, 0.05) is 23.0 Å². The van der Waals surface area contributed by atoms with E-state index in [1.807, 2.05) is 0 Å². The second-order valence-corrected chi connectivity index (χ2v) is 5.26. The molecule has 6 heteroatoms. The minimum Gasteiger partial charge on any atom is -0.454 e. The second-order valence-electron chi connectivity index (χ2n) is 5.26. The SMILES string of the molecule is O=C(Nc1ccc2c(c1)OCO2)c1n[nH]c2c1CCCC2. The fraction of sp³-hybridized carbons (Fsp3) is 0.333. The number of carbonyl (C=O) groups is 1. The zero-order chi connectivity index (χ0) is 14.2. The Morgan fingerprint density at radius 3 is 3.00 bits per heavy atom. The van der Waals surface area contributed by atoms with Crippen LogP contribution in [0.25, 0.3) is 0 Å². The van der Waals surface area contributed by atoms with Crippen LogP contribution in [-0.4, -0.2) is 22.9 Å². The lowest BCUT2D eigenvalue weighted by molar-refractivity contribution is 0.102. The summed E-state index contributed by atoms with van der Waals surface area (Å²) in [6, 6.07) is 5.35. The summed E-state index contributed by atoms with van der Waals surface area (Å²) in [6.45, 7) is 0.222. The number of benzene rings is 1. The number of nitrogens with one attached hydrogen (secondary N) is 2. The van der Waals surface area contributed by atoms with Crippen molar-refractivity contribution in [3.63, 3.8) is 0 Å². The van der Waals surface area contributed by atoms with E-state index in [0.29, 0.717) is 22.9 Å². The first-order valence-corrected chi connectivity index (χ1v) is 7.08. The van der Waals surface area contributed by atoms with Crippen LogP contribution in [0.1, 0.15) is 34.6 Å². The summed E-state index contributed by atoms with van der Waals surface area (Å²) in [4.78, 5) is 12.4. The molecule has 0 unspecified atom stereocenters. The van der Waals surface area contributed by atoms with Crippen LogP contribution in [0.4, 0.5) is 5.69 Å². The number of rotatable bonds is 2. The lowest BCUT2D eigenvalue weighted by Gasteiger charge is -2.11. The monoisotopic (exact) mass is 285 g/mol. The van der Waals surface area contributed by atoms with Gasteiger partial charge < -0.3 is 14.8 Å². The third-order valence-electron chi connectivity index (χ3n) is 3.90. The Balaban J connectivity index is 1.57. The van der Waals surface area contributed by atoms with Crippen molar-refractivity contribution in [1.82, 2.24) is 10.2 Å². The molecular weight excluding hydrogens is 270 g/mol. The van der Waals surface area contributed by atoms with E-state index in [1.165, 1.54) is 0 Å². The number of hydrogen-bond donors (Lipinski definition) is 2. The van der Waals surface area contributed by atoms with Crippen molar-refractivity contribution in [2.24, 2.45) is 0 Å². The van der Waals surface area contributed by atoms with E-state index in [4.69, 9.17) is 9.47 Å². The van der Waals surface area contributed by atoms with Crippen LogP contribution < -0.4 is 14.8 Å². The smallest absolute Gasteiger partial charge is 0.276 e. The molecule has 1 amide bonds. The minimum atomic E-state index is -0.187. The fourth-order valence-corrected chi connectivity index (χ4v) is 2.83. The van der Waals surface area contributed by atoms with Gasteiger partial charge in [0.1, 0.15) is 0 Å². The van der Waals surface area contributed by atoms with Crippen molar-refractivity contribution in [3.05, 3.63) is 35.2 Å². The molecule has 0 saturated heterocycles. The van der Waals surface area contributed by atoms with Crippen LogP contribution in [0.5, 0.6) is 11.5 Å². The first-order valence-electron chi connectivity index (χ1n) is 7.08. The molecule has 4 rings (SSSR count). The summed E-state index contributed by atoms with van der Waals surface area (Å²) >= 11 is 0. The van der Waals surface area contributed by atoms with Gasteiger partial charge in [-0.1, -0.05) is 0 Å². The summed E-state index contributed by atoms with van der Waals surface area (Å²) in [5, 5.41) is 10.0. The lowest BCUT2D eigenvalue weighted by atomic mass is 9.96. The second kappa shape index (κ2) is 4.80. The maximum atomic E-state index is 12.4. The van der Waals surface area contributed by atoms with E-state index in [2.05, 4.69) is 15.5 Å². The van der Waals surface area contributed by atoms with Crippen molar-refractivity contribution >= 4 is 11.6 Å². The molecule has 1 aliphatic carbocycles. The number of fused-ring (bicyclic) bond motifs is 2. The topological polar surface area (TPSA) is 76.2 Å². The van der Waals surface area contributed by atoms with Gasteiger partial charge in [-0.05, 0) is 37.8 Å². The minimum absolute atomic E-state index is 0.187. The molecule has 2 aliphatic rings. The molecule has 2 heterocycles. The van der Waals surface area contributed by atoms with Crippen LogP contribution in [0.15, 0.2) is 18.2 Å². The number of H-pyrrole nitrogens is 1. The van der Waals surface area contributed by atoms with Gasteiger partial charge in [-0.25, -0.2) is 0 Å². The van der Waals surface area contributed by atoms with E-state index in [9.17, 15) is 4.79 Å². The molecule has 0 atom stereocenters. The molecule has 1 aliphatic heterocycles. The van der Waals surface area contributed by atoms with Crippen molar-refractivity contribution in [1.29, 1.82) is 0 Å². The van der Waals surface area contributed by atoms with E-state index < -0.39 is 0 Å². The summed E-state index contributed by atoms with van der Waals surface area (Å²) < 4.78 is 10.6. The Morgan fingerprint density at radius 1 is 1.19 bits per heavy atom. The number of nitrogens with zero attached hydrogens (tertiary/aromatic N) is 1. The molecule has 0 fully saturated rings.